The van der Waals surface area contributed by atoms with Gasteiger partial charge in [-0.2, -0.15) is 0 Å². The Balaban J connectivity index is 1.50. The smallest absolute Gasteiger partial charge is 0.201 e. The highest BCUT2D eigenvalue weighted by atomic mass is 33.1. The molecule has 5 aliphatic rings. The zero-order chi connectivity index (χ0) is 35.6. The molecule has 8 atom stereocenters. The number of ether oxygens (including phenoxy) is 4. The number of hydrogen-bond acceptors (Lipinski definition) is 11. The number of aliphatic hydroxyl groups excluding tert-OH is 3. The van der Waals surface area contributed by atoms with Gasteiger partial charge in [-0.1, -0.05) is 46.4 Å². The minimum Gasteiger partial charge on any atom is -0.508 e. The second-order valence-corrected chi connectivity index (χ2v) is 17.2. The third-order valence-electron chi connectivity index (χ3n) is 11.9. The molecule has 2 aliphatic heterocycles. The Bertz CT molecular complexity index is 1920. The molecule has 3 aromatic rings. The number of phenols is 2. The molecule has 5 N–H and O–H groups in total. The normalized spacial score (nSPS) is 30.0. The largest absolute Gasteiger partial charge is 0.508 e. The summed E-state index contributed by atoms with van der Waals surface area (Å²) in [4.78, 5) is 0. The number of hydrogen-bond donors (Lipinski definition) is 5. The fourth-order valence-electron chi connectivity index (χ4n) is 9.50. The van der Waals surface area contributed by atoms with E-state index >= 15 is 0 Å². The van der Waals surface area contributed by atoms with Crippen LogP contribution in [0.4, 0.5) is 0 Å². The summed E-state index contributed by atoms with van der Waals surface area (Å²) in [5.74, 6) is 9.33. The molecular formula is C40H44O9S2. The highest BCUT2D eigenvalue weighted by molar-refractivity contribution is 8.77. The van der Waals surface area contributed by atoms with Gasteiger partial charge in [-0.05, 0) is 78.3 Å². The first kappa shape index (κ1) is 34.7. The lowest BCUT2D eigenvalue weighted by Crippen LogP contribution is -2.47. The average molecular weight is 733 g/mol. The summed E-state index contributed by atoms with van der Waals surface area (Å²) < 4.78 is 23.9. The Morgan fingerprint density at radius 3 is 2.63 bits per heavy atom. The van der Waals surface area contributed by atoms with Crippen LogP contribution in [-0.2, 0) is 6.42 Å². The first-order chi connectivity index (χ1) is 24.7. The van der Waals surface area contributed by atoms with E-state index in [1.54, 1.807) is 22.9 Å². The molecule has 270 valence electrons. The number of aromatic hydroxyl groups is 2. The summed E-state index contributed by atoms with van der Waals surface area (Å²) in [6.07, 6.45) is 1.73. The highest BCUT2D eigenvalue weighted by Crippen LogP contribution is 2.65. The van der Waals surface area contributed by atoms with Crippen molar-refractivity contribution in [2.75, 3.05) is 39.8 Å². The molecule has 1 spiro atoms. The molecule has 9 nitrogen and oxygen atoms in total. The van der Waals surface area contributed by atoms with Crippen molar-refractivity contribution < 1.29 is 44.5 Å². The van der Waals surface area contributed by atoms with Crippen LogP contribution in [-0.4, -0.2) is 76.2 Å². The number of aliphatic hydroxyl groups is 3. The van der Waals surface area contributed by atoms with Crippen LogP contribution in [0.5, 0.6) is 34.5 Å². The van der Waals surface area contributed by atoms with Crippen molar-refractivity contribution in [3.63, 3.8) is 0 Å². The Kier molecular flexibility index (Phi) is 9.20. The minimum atomic E-state index is -1.08. The van der Waals surface area contributed by atoms with Crippen molar-refractivity contribution in [2.24, 2.45) is 11.8 Å². The van der Waals surface area contributed by atoms with Crippen molar-refractivity contribution in [3.05, 3.63) is 58.1 Å². The van der Waals surface area contributed by atoms with Crippen LogP contribution < -0.4 is 18.9 Å². The van der Waals surface area contributed by atoms with Crippen molar-refractivity contribution in [2.45, 2.75) is 73.7 Å². The molecule has 0 radical (unpaired) electrons. The molecule has 51 heavy (non-hydrogen) atoms. The summed E-state index contributed by atoms with van der Waals surface area (Å²) in [5.41, 5.74) is 5.59. The van der Waals surface area contributed by atoms with Gasteiger partial charge in [0.25, 0.3) is 0 Å². The maximum atomic E-state index is 13.0. The van der Waals surface area contributed by atoms with E-state index in [-0.39, 0.29) is 61.1 Å². The maximum Gasteiger partial charge on any atom is 0.201 e. The number of benzene rings is 3. The van der Waals surface area contributed by atoms with E-state index in [0.717, 1.165) is 59.3 Å². The van der Waals surface area contributed by atoms with Gasteiger partial charge >= 0.3 is 0 Å². The summed E-state index contributed by atoms with van der Waals surface area (Å²) >= 11 is 0. The summed E-state index contributed by atoms with van der Waals surface area (Å²) in [5, 5.41) is 56.3. The lowest BCUT2D eigenvalue weighted by atomic mass is 9.61. The van der Waals surface area contributed by atoms with Gasteiger partial charge in [0.15, 0.2) is 17.6 Å². The zero-order valence-corrected chi connectivity index (χ0v) is 30.6. The fourth-order valence-corrected chi connectivity index (χ4v) is 12.8. The van der Waals surface area contributed by atoms with Crippen LogP contribution >= 0.6 is 21.6 Å². The number of fused-ring (bicyclic) bond motifs is 9. The van der Waals surface area contributed by atoms with Gasteiger partial charge in [0, 0.05) is 52.3 Å². The molecule has 1 fully saturated rings. The quantitative estimate of drug-likeness (QED) is 0.142. The van der Waals surface area contributed by atoms with E-state index in [0.29, 0.717) is 34.5 Å². The zero-order valence-electron chi connectivity index (χ0n) is 29.0. The van der Waals surface area contributed by atoms with E-state index in [2.05, 4.69) is 18.8 Å². The number of rotatable bonds is 6. The number of phenolic OH excluding ortho intramolecular Hbond substituents is 2. The molecule has 6 bridgehead atoms. The Morgan fingerprint density at radius 2 is 1.86 bits per heavy atom. The van der Waals surface area contributed by atoms with Crippen LogP contribution in [0.15, 0.2) is 30.3 Å². The Hall–Kier alpha value is -3.40. The molecule has 3 aromatic carbocycles. The van der Waals surface area contributed by atoms with Crippen LogP contribution in [0.3, 0.4) is 0 Å². The molecule has 0 aromatic heterocycles. The lowest BCUT2D eigenvalue weighted by molar-refractivity contribution is -0.00827. The third kappa shape index (κ3) is 5.43. The average Bonchev–Trinajstić information content (AvgIpc) is 3.21. The predicted octanol–water partition coefficient (Wildman–Crippen LogP) is 6.42. The maximum absolute atomic E-state index is 13.0. The molecule has 3 aliphatic carbocycles. The second-order valence-electron chi connectivity index (χ2n) is 14.4. The predicted molar refractivity (Wildman–Crippen MR) is 197 cm³/mol. The standard InChI is InChI=1S/C40H44O9S2/c1-20-9-14-50-51-40-10-4-5-24-27(17-31(46-2)36(44)38(24)47-3)39-37(45)35(40)34-30(49-39)18-29(48-13-12-41)32-23-7-6-22(43)16-26(23)25(15-21(20)8-11-40)28(19-42)33(32)34/h6-7,16-18,20-21,25,28,35,37,39,41-45H,5,8-9,11-15,19H2,1-3H3/t20-,21-,25-,28-,35+,37+,39-,40+/m0/s1. The summed E-state index contributed by atoms with van der Waals surface area (Å²) in [6, 6.07) is 9.02. The molecule has 2 heterocycles. The van der Waals surface area contributed by atoms with Crippen LogP contribution in [0.25, 0.3) is 11.1 Å². The van der Waals surface area contributed by atoms with Gasteiger partial charge < -0.3 is 44.5 Å². The second kappa shape index (κ2) is 13.5. The molecule has 0 saturated carbocycles. The monoisotopic (exact) mass is 732 g/mol. The Labute approximate surface area is 306 Å². The Morgan fingerprint density at radius 1 is 1.02 bits per heavy atom. The molecular weight excluding hydrogens is 689 g/mol. The highest BCUT2D eigenvalue weighted by Gasteiger charge is 2.55. The minimum absolute atomic E-state index is 0.0410. The molecule has 11 heteroatoms. The van der Waals surface area contributed by atoms with Crippen LogP contribution in [0, 0.1) is 23.7 Å². The van der Waals surface area contributed by atoms with Gasteiger partial charge in [0.2, 0.25) is 5.75 Å². The first-order valence-electron chi connectivity index (χ1n) is 17.8. The van der Waals surface area contributed by atoms with Crippen LogP contribution in [0.2, 0.25) is 0 Å². The molecule has 0 amide bonds. The van der Waals surface area contributed by atoms with E-state index in [4.69, 9.17) is 18.9 Å². The van der Waals surface area contributed by atoms with Gasteiger partial charge in [0.05, 0.1) is 32.2 Å². The number of methoxy groups -OCH3 is 2. The van der Waals surface area contributed by atoms with Crippen molar-refractivity contribution in [1.82, 2.24) is 0 Å². The third-order valence-corrected chi connectivity index (χ3v) is 15.0. The lowest BCUT2D eigenvalue weighted by Gasteiger charge is -2.49. The SMILES string of the molecule is COc1cc2c(c(OC)c1O)CC#C[C@@]13CC[C@@H](C[C@H]4c5cc(O)ccc5-c5c(OCCO)cc6c(c5[C@H]4CO)[C@@H]1[C@@H](O)[C@H]2O6)[C@@H](C)CCSS3. The van der Waals surface area contributed by atoms with E-state index in [1.807, 2.05) is 29.0 Å². The molecule has 1 saturated heterocycles. The molecule has 8 rings (SSSR count). The van der Waals surface area contributed by atoms with Gasteiger partial charge in [-0.3, -0.25) is 0 Å². The van der Waals surface area contributed by atoms with E-state index in [1.165, 1.54) is 14.2 Å². The summed E-state index contributed by atoms with van der Waals surface area (Å²) in [7, 11) is 6.53. The van der Waals surface area contributed by atoms with E-state index in [9.17, 15) is 25.5 Å². The first-order valence-corrected chi connectivity index (χ1v) is 20.1. The van der Waals surface area contributed by atoms with Gasteiger partial charge in [-0.15, -0.1) is 0 Å². The van der Waals surface area contributed by atoms with Crippen molar-refractivity contribution in [1.29, 1.82) is 0 Å². The van der Waals surface area contributed by atoms with Crippen LogP contribution in [0.1, 0.15) is 84.3 Å². The molecule has 0 unspecified atom stereocenters. The summed E-state index contributed by atoms with van der Waals surface area (Å²) in [6.45, 7) is 2.01. The fraction of sp³-hybridized carbons (Fsp3) is 0.500. The van der Waals surface area contributed by atoms with Crippen molar-refractivity contribution >= 4 is 21.6 Å². The van der Waals surface area contributed by atoms with Crippen molar-refractivity contribution in [3.8, 4) is 57.5 Å². The van der Waals surface area contributed by atoms with E-state index < -0.39 is 22.9 Å². The topological polar surface area (TPSA) is 138 Å². The van der Waals surface area contributed by atoms with Gasteiger partial charge in [-0.25, -0.2) is 0 Å². The van der Waals surface area contributed by atoms with Gasteiger partial charge in [0.1, 0.15) is 30.0 Å².